The molecule has 0 aromatic heterocycles. The van der Waals surface area contributed by atoms with Crippen LogP contribution in [0.3, 0.4) is 0 Å². The molecule has 1 unspecified atom stereocenters. The van der Waals surface area contributed by atoms with Crippen LogP contribution < -0.4 is 10.1 Å². The van der Waals surface area contributed by atoms with Crippen LogP contribution in [-0.4, -0.2) is 35.9 Å². The summed E-state index contributed by atoms with van der Waals surface area (Å²) in [6, 6.07) is 12.6. The number of hydrogen-bond acceptors (Lipinski definition) is 3. The van der Waals surface area contributed by atoms with Crippen molar-refractivity contribution in [2.75, 3.05) is 13.2 Å². The fourth-order valence-electron chi connectivity index (χ4n) is 3.33. The van der Waals surface area contributed by atoms with Crippen molar-refractivity contribution < 1.29 is 14.3 Å². The van der Waals surface area contributed by atoms with Crippen LogP contribution >= 0.6 is 27.5 Å². The molecule has 0 fully saturated rings. The van der Waals surface area contributed by atoms with Crippen molar-refractivity contribution in [3.8, 4) is 5.75 Å². The van der Waals surface area contributed by atoms with E-state index in [1.54, 1.807) is 11.0 Å². The summed E-state index contributed by atoms with van der Waals surface area (Å²) in [5, 5.41) is 3.37. The Bertz CT molecular complexity index is 943. The van der Waals surface area contributed by atoms with Gasteiger partial charge in [-0.1, -0.05) is 63.6 Å². The summed E-state index contributed by atoms with van der Waals surface area (Å²) in [4.78, 5) is 27.5. The Morgan fingerprint density at radius 1 is 1.16 bits per heavy atom. The van der Waals surface area contributed by atoms with E-state index >= 15 is 0 Å². The number of rotatable bonds is 9. The highest BCUT2D eigenvalue weighted by Gasteiger charge is 2.29. The smallest absolute Gasteiger partial charge is 0.261 e. The van der Waals surface area contributed by atoms with Crippen molar-refractivity contribution in [2.45, 2.75) is 59.0 Å². The lowest BCUT2D eigenvalue weighted by Gasteiger charge is -2.30. The van der Waals surface area contributed by atoms with Gasteiger partial charge in [-0.3, -0.25) is 9.59 Å². The van der Waals surface area contributed by atoms with Crippen LogP contribution in [-0.2, 0) is 21.5 Å². The summed E-state index contributed by atoms with van der Waals surface area (Å²) in [5.41, 5.74) is 1.94. The van der Waals surface area contributed by atoms with Gasteiger partial charge in [0.1, 0.15) is 11.8 Å². The van der Waals surface area contributed by atoms with Gasteiger partial charge in [0, 0.05) is 18.1 Å². The van der Waals surface area contributed by atoms with Crippen LogP contribution in [0.15, 0.2) is 46.9 Å². The maximum absolute atomic E-state index is 13.2. The minimum atomic E-state index is -0.617. The SMILES string of the molecule is CCNC(=O)C(CC)N(Cc1ccccc1Cl)C(=O)COc1ccc(C(C)(C)C)cc1Br. The van der Waals surface area contributed by atoms with E-state index in [1.165, 1.54) is 0 Å². The highest BCUT2D eigenvalue weighted by molar-refractivity contribution is 9.10. The molecule has 2 aromatic carbocycles. The Labute approximate surface area is 204 Å². The van der Waals surface area contributed by atoms with Crippen LogP contribution in [0.1, 0.15) is 52.2 Å². The number of ether oxygens (including phenoxy) is 1. The first-order chi connectivity index (χ1) is 15.1. The van der Waals surface area contributed by atoms with Crippen molar-refractivity contribution in [1.82, 2.24) is 10.2 Å². The Hall–Kier alpha value is -2.05. The average molecular weight is 524 g/mol. The van der Waals surface area contributed by atoms with Crippen molar-refractivity contribution >= 4 is 39.3 Å². The second-order valence-corrected chi connectivity index (χ2v) is 9.88. The number of amides is 2. The van der Waals surface area contributed by atoms with E-state index in [-0.39, 0.29) is 30.4 Å². The predicted octanol–water partition coefficient (Wildman–Crippen LogP) is 5.72. The Morgan fingerprint density at radius 3 is 2.41 bits per heavy atom. The Balaban J connectivity index is 2.24. The molecule has 0 spiro atoms. The predicted molar refractivity (Wildman–Crippen MR) is 133 cm³/mol. The van der Waals surface area contributed by atoms with E-state index in [1.807, 2.05) is 50.2 Å². The molecule has 5 nitrogen and oxygen atoms in total. The molecule has 2 rings (SSSR count). The number of benzene rings is 2. The normalized spacial score (nSPS) is 12.2. The van der Waals surface area contributed by atoms with Gasteiger partial charge in [0.25, 0.3) is 5.91 Å². The highest BCUT2D eigenvalue weighted by Crippen LogP contribution is 2.31. The highest BCUT2D eigenvalue weighted by atomic mass is 79.9. The average Bonchev–Trinajstić information content (AvgIpc) is 2.73. The van der Waals surface area contributed by atoms with Crippen LogP contribution in [0.25, 0.3) is 0 Å². The molecule has 7 heteroatoms. The number of carbonyl (C=O) groups excluding carboxylic acids is 2. The fraction of sp³-hybridized carbons (Fsp3) is 0.440. The lowest BCUT2D eigenvalue weighted by molar-refractivity contribution is -0.142. The lowest BCUT2D eigenvalue weighted by atomic mass is 9.87. The Morgan fingerprint density at radius 2 is 1.84 bits per heavy atom. The topological polar surface area (TPSA) is 58.6 Å². The van der Waals surface area contributed by atoms with E-state index < -0.39 is 6.04 Å². The van der Waals surface area contributed by atoms with E-state index in [0.717, 1.165) is 15.6 Å². The minimum Gasteiger partial charge on any atom is -0.483 e. The molecule has 32 heavy (non-hydrogen) atoms. The number of likely N-dealkylation sites (N-methyl/N-ethyl adjacent to an activating group) is 1. The van der Waals surface area contributed by atoms with Crippen molar-refractivity contribution in [3.05, 3.63) is 63.1 Å². The standard InChI is InChI=1S/C25H32BrClN2O3/c1-6-21(24(31)28-7-2)29(15-17-10-8-9-11-20(17)27)23(30)16-32-22-13-12-18(14-19(22)26)25(3,4)5/h8-14,21H,6-7,15-16H2,1-5H3,(H,28,31). The van der Waals surface area contributed by atoms with Crippen LogP contribution in [0, 0.1) is 0 Å². The van der Waals surface area contributed by atoms with Gasteiger partial charge in [0.15, 0.2) is 6.61 Å². The molecule has 1 N–H and O–H groups in total. The first-order valence-corrected chi connectivity index (χ1v) is 12.0. The Kier molecular flexibility index (Phi) is 9.59. The van der Waals surface area contributed by atoms with Crippen LogP contribution in [0.4, 0.5) is 0 Å². The summed E-state index contributed by atoms with van der Waals surface area (Å²) in [6.07, 6.45) is 0.478. The summed E-state index contributed by atoms with van der Waals surface area (Å²) < 4.78 is 6.63. The zero-order valence-corrected chi connectivity index (χ0v) is 21.7. The maximum Gasteiger partial charge on any atom is 0.261 e. The van der Waals surface area contributed by atoms with Gasteiger partial charge >= 0.3 is 0 Å². The zero-order chi connectivity index (χ0) is 23.9. The summed E-state index contributed by atoms with van der Waals surface area (Å²) in [7, 11) is 0. The van der Waals surface area contributed by atoms with E-state index in [9.17, 15) is 9.59 Å². The van der Waals surface area contributed by atoms with Crippen molar-refractivity contribution in [1.29, 1.82) is 0 Å². The molecule has 2 aromatic rings. The second kappa shape index (κ2) is 11.7. The third kappa shape index (κ3) is 6.97. The third-order valence-electron chi connectivity index (χ3n) is 5.18. The molecule has 0 radical (unpaired) electrons. The van der Waals surface area contributed by atoms with Gasteiger partial charge in [-0.15, -0.1) is 0 Å². The number of halogens is 2. The molecule has 0 bridgehead atoms. The van der Waals surface area contributed by atoms with Crippen LogP contribution in [0.2, 0.25) is 5.02 Å². The molecule has 0 saturated carbocycles. The van der Waals surface area contributed by atoms with E-state index in [0.29, 0.717) is 23.7 Å². The number of nitrogens with one attached hydrogen (secondary N) is 1. The molecule has 0 aliphatic rings. The summed E-state index contributed by atoms with van der Waals surface area (Å²) in [6.45, 7) is 10.7. The minimum absolute atomic E-state index is 0.00358. The molecule has 0 heterocycles. The van der Waals surface area contributed by atoms with Gasteiger partial charge < -0.3 is 15.0 Å². The quantitative estimate of drug-likeness (QED) is 0.457. The number of nitrogens with zero attached hydrogens (tertiary/aromatic N) is 1. The molecule has 174 valence electrons. The van der Waals surface area contributed by atoms with Crippen molar-refractivity contribution in [2.24, 2.45) is 0 Å². The first kappa shape index (κ1) is 26.2. The van der Waals surface area contributed by atoms with Gasteiger partial charge in [-0.25, -0.2) is 0 Å². The number of hydrogen-bond donors (Lipinski definition) is 1. The number of carbonyl (C=O) groups is 2. The lowest BCUT2D eigenvalue weighted by Crippen LogP contribution is -2.50. The van der Waals surface area contributed by atoms with Gasteiger partial charge in [-0.2, -0.15) is 0 Å². The molecular weight excluding hydrogens is 492 g/mol. The first-order valence-electron chi connectivity index (χ1n) is 10.8. The molecular formula is C25H32BrClN2O3. The largest absolute Gasteiger partial charge is 0.483 e. The molecule has 0 aliphatic carbocycles. The zero-order valence-electron chi connectivity index (χ0n) is 19.4. The van der Waals surface area contributed by atoms with E-state index in [2.05, 4.69) is 42.0 Å². The molecule has 0 saturated heterocycles. The summed E-state index contributed by atoms with van der Waals surface area (Å²) in [5.74, 6) is 0.107. The van der Waals surface area contributed by atoms with Crippen molar-refractivity contribution in [3.63, 3.8) is 0 Å². The maximum atomic E-state index is 13.2. The summed E-state index contributed by atoms with van der Waals surface area (Å²) >= 11 is 9.88. The van der Waals surface area contributed by atoms with Gasteiger partial charge in [-0.05, 0) is 64.0 Å². The molecule has 2 amide bonds. The van der Waals surface area contributed by atoms with Crippen LogP contribution in [0.5, 0.6) is 5.75 Å². The third-order valence-corrected chi connectivity index (χ3v) is 6.17. The van der Waals surface area contributed by atoms with E-state index in [4.69, 9.17) is 16.3 Å². The van der Waals surface area contributed by atoms with Gasteiger partial charge in [0.05, 0.1) is 4.47 Å². The molecule has 1 atom stereocenters. The monoisotopic (exact) mass is 522 g/mol. The van der Waals surface area contributed by atoms with Gasteiger partial charge in [0.2, 0.25) is 5.91 Å². The molecule has 0 aliphatic heterocycles. The second-order valence-electron chi connectivity index (χ2n) is 8.62. The fourth-order valence-corrected chi connectivity index (χ4v) is 4.02.